The molecule has 0 unspecified atom stereocenters. The number of aliphatic hydroxyl groups is 1. The Kier molecular flexibility index (Phi) is 14.3. The quantitative estimate of drug-likeness (QED) is 0.189. The van der Waals surface area contributed by atoms with Gasteiger partial charge in [0.2, 0.25) is 17.7 Å². The van der Waals surface area contributed by atoms with Gasteiger partial charge in [-0.2, -0.15) is 0 Å². The van der Waals surface area contributed by atoms with E-state index in [1.54, 1.807) is 6.07 Å². The lowest BCUT2D eigenvalue weighted by atomic mass is 10.0. The average Bonchev–Trinajstić information content (AvgIpc) is 3.45. The van der Waals surface area contributed by atoms with Crippen molar-refractivity contribution in [2.45, 2.75) is 108 Å². The van der Waals surface area contributed by atoms with Crippen LogP contribution in [0, 0.1) is 11.6 Å². The SMILES string of the molecule is CCCC(CCC)S(=O)(=O)C[C@H](NC(=O)[C@@H]1CCC(=O)N1)C(=O)N(Cc1cccc(CC)c1)C[C@@H](O)[C@@H](N)Cc1cc(F)cc(F)c1. The minimum absolute atomic E-state index is 0.0367. The second-order valence-corrected chi connectivity index (χ2v) is 14.7. The fourth-order valence-corrected chi connectivity index (χ4v) is 8.05. The maximum Gasteiger partial charge on any atom is 0.246 e. The van der Waals surface area contributed by atoms with Crippen LogP contribution in [0.1, 0.15) is 76.0 Å². The van der Waals surface area contributed by atoms with Crippen molar-refractivity contribution in [1.29, 1.82) is 0 Å². The van der Waals surface area contributed by atoms with Crippen LogP contribution in [0.5, 0.6) is 0 Å². The molecule has 1 saturated heterocycles. The number of sulfone groups is 1. The normalized spacial score (nSPS) is 16.9. The molecule has 10 nitrogen and oxygen atoms in total. The van der Waals surface area contributed by atoms with Crippen molar-refractivity contribution in [2.75, 3.05) is 12.3 Å². The van der Waals surface area contributed by atoms with E-state index < -0.39 is 68.5 Å². The Morgan fingerprint density at radius 1 is 1.04 bits per heavy atom. The third-order valence-corrected chi connectivity index (χ3v) is 10.7. The molecule has 1 heterocycles. The first-order valence-electron chi connectivity index (χ1n) is 16.3. The highest BCUT2D eigenvalue weighted by atomic mass is 32.2. The van der Waals surface area contributed by atoms with E-state index in [9.17, 15) is 36.7 Å². The zero-order valence-corrected chi connectivity index (χ0v) is 28.2. The summed E-state index contributed by atoms with van der Waals surface area (Å²) in [5.74, 6) is -4.00. The van der Waals surface area contributed by atoms with Gasteiger partial charge in [-0.25, -0.2) is 17.2 Å². The first-order chi connectivity index (χ1) is 22.3. The number of aliphatic hydroxyl groups excluding tert-OH is 1. The zero-order chi connectivity index (χ0) is 34.7. The van der Waals surface area contributed by atoms with Crippen LogP contribution in [0.2, 0.25) is 0 Å². The molecule has 0 aliphatic carbocycles. The Bertz CT molecular complexity index is 1460. The summed E-state index contributed by atoms with van der Waals surface area (Å²) in [6, 6.07) is 6.89. The van der Waals surface area contributed by atoms with Crippen LogP contribution < -0.4 is 16.4 Å². The molecular formula is C34H48F2N4O6S. The van der Waals surface area contributed by atoms with Gasteiger partial charge in [-0.05, 0) is 60.9 Å². The predicted molar refractivity (Wildman–Crippen MR) is 176 cm³/mol. The molecule has 2 aromatic rings. The summed E-state index contributed by atoms with van der Waals surface area (Å²) < 4.78 is 55.0. The molecule has 0 aromatic heterocycles. The van der Waals surface area contributed by atoms with Crippen LogP contribution in [0.25, 0.3) is 0 Å². The van der Waals surface area contributed by atoms with E-state index in [2.05, 4.69) is 10.6 Å². The molecule has 1 aliphatic heterocycles. The monoisotopic (exact) mass is 678 g/mol. The largest absolute Gasteiger partial charge is 0.390 e. The number of benzene rings is 2. The van der Waals surface area contributed by atoms with E-state index >= 15 is 0 Å². The summed E-state index contributed by atoms with van der Waals surface area (Å²) in [5, 5.41) is 15.6. The number of nitrogens with zero attached hydrogens (tertiary/aromatic N) is 1. The van der Waals surface area contributed by atoms with Crippen molar-refractivity contribution in [1.82, 2.24) is 15.5 Å². The summed E-state index contributed by atoms with van der Waals surface area (Å²) in [4.78, 5) is 40.7. The zero-order valence-electron chi connectivity index (χ0n) is 27.4. The van der Waals surface area contributed by atoms with Crippen LogP contribution in [0.3, 0.4) is 0 Å². The molecule has 13 heteroatoms. The van der Waals surface area contributed by atoms with Gasteiger partial charge in [0.25, 0.3) is 0 Å². The molecular weight excluding hydrogens is 630 g/mol. The van der Waals surface area contributed by atoms with Crippen LogP contribution in [0.15, 0.2) is 42.5 Å². The number of aryl methyl sites for hydroxylation is 1. The molecule has 5 N–H and O–H groups in total. The molecule has 4 atom stereocenters. The van der Waals surface area contributed by atoms with Crippen molar-refractivity contribution in [3.05, 3.63) is 70.8 Å². The molecule has 3 amide bonds. The number of carbonyl (C=O) groups excluding carboxylic acids is 3. The first kappa shape index (κ1) is 38.0. The van der Waals surface area contributed by atoms with E-state index in [0.717, 1.165) is 30.2 Å². The maximum atomic E-state index is 14.3. The van der Waals surface area contributed by atoms with Gasteiger partial charge >= 0.3 is 0 Å². The molecule has 0 radical (unpaired) electrons. The van der Waals surface area contributed by atoms with Gasteiger partial charge in [0.05, 0.1) is 17.1 Å². The Labute approximate surface area is 276 Å². The van der Waals surface area contributed by atoms with E-state index in [1.165, 1.54) is 4.90 Å². The van der Waals surface area contributed by atoms with Crippen molar-refractivity contribution in [3.63, 3.8) is 0 Å². The van der Waals surface area contributed by atoms with Crippen molar-refractivity contribution >= 4 is 27.6 Å². The summed E-state index contributed by atoms with van der Waals surface area (Å²) >= 11 is 0. The average molecular weight is 679 g/mol. The van der Waals surface area contributed by atoms with Crippen LogP contribution in [-0.2, 0) is 43.6 Å². The number of hydrogen-bond donors (Lipinski definition) is 4. The molecule has 3 rings (SSSR count). The third-order valence-electron chi connectivity index (χ3n) is 8.43. The fraction of sp³-hybridized carbons (Fsp3) is 0.559. The summed E-state index contributed by atoms with van der Waals surface area (Å²) in [6.07, 6.45) is 1.59. The highest BCUT2D eigenvalue weighted by Gasteiger charge is 2.37. The molecule has 260 valence electrons. The number of rotatable bonds is 18. The highest BCUT2D eigenvalue weighted by Crippen LogP contribution is 2.20. The molecule has 0 bridgehead atoms. The van der Waals surface area contributed by atoms with E-state index in [1.807, 2.05) is 39.0 Å². The van der Waals surface area contributed by atoms with Gasteiger partial charge in [-0.15, -0.1) is 0 Å². The second kappa shape index (κ2) is 17.7. The minimum atomic E-state index is -3.89. The van der Waals surface area contributed by atoms with Gasteiger partial charge in [0, 0.05) is 31.6 Å². The molecule has 0 saturated carbocycles. The standard InChI is InChI=1S/C34H48F2N4O6S/c1-4-8-27(9-5-2)47(45,46)21-30(39-33(43)29-12-13-32(42)38-29)34(44)40(19-23-11-7-10-22(6-3)14-23)20-31(41)28(37)17-24-15-25(35)18-26(36)16-24/h7,10-11,14-16,18,27-31,41H,4-6,8-9,12-13,17,19-21,37H2,1-3H3,(H,38,42)(H,39,43)/t28-,29-,30-,31+/m0/s1. The summed E-state index contributed by atoms with van der Waals surface area (Å²) in [6.45, 7) is 5.33. The maximum absolute atomic E-state index is 14.3. The van der Waals surface area contributed by atoms with E-state index in [0.29, 0.717) is 31.2 Å². The number of hydrogen-bond acceptors (Lipinski definition) is 7. The molecule has 2 aromatic carbocycles. The summed E-state index contributed by atoms with van der Waals surface area (Å²) in [7, 11) is -3.89. The minimum Gasteiger partial charge on any atom is -0.390 e. The van der Waals surface area contributed by atoms with Crippen LogP contribution >= 0.6 is 0 Å². The Balaban J connectivity index is 1.96. The van der Waals surface area contributed by atoms with Crippen LogP contribution in [0.4, 0.5) is 8.78 Å². The number of amides is 3. The number of carbonyl (C=O) groups is 3. The third kappa shape index (κ3) is 11.4. The van der Waals surface area contributed by atoms with Gasteiger partial charge in [-0.3, -0.25) is 14.4 Å². The predicted octanol–water partition coefficient (Wildman–Crippen LogP) is 2.93. The lowest BCUT2D eigenvalue weighted by molar-refractivity contribution is -0.138. The Hall–Kier alpha value is -3.42. The second-order valence-electron chi connectivity index (χ2n) is 12.4. The highest BCUT2D eigenvalue weighted by molar-refractivity contribution is 7.92. The van der Waals surface area contributed by atoms with E-state index in [4.69, 9.17) is 5.73 Å². The summed E-state index contributed by atoms with van der Waals surface area (Å²) in [5.41, 5.74) is 8.17. The van der Waals surface area contributed by atoms with E-state index in [-0.39, 0.29) is 43.8 Å². The van der Waals surface area contributed by atoms with Gasteiger partial charge in [0.1, 0.15) is 23.7 Å². The smallest absolute Gasteiger partial charge is 0.246 e. The Morgan fingerprint density at radius 3 is 2.26 bits per heavy atom. The molecule has 1 fully saturated rings. The van der Waals surface area contributed by atoms with Gasteiger partial charge < -0.3 is 26.4 Å². The number of halogens is 2. The lowest BCUT2D eigenvalue weighted by Crippen LogP contribution is -2.57. The van der Waals surface area contributed by atoms with Crippen molar-refractivity contribution < 1.29 is 36.7 Å². The Morgan fingerprint density at radius 2 is 1.68 bits per heavy atom. The van der Waals surface area contributed by atoms with Gasteiger partial charge in [0.15, 0.2) is 9.84 Å². The fourth-order valence-electron chi connectivity index (χ4n) is 5.89. The molecule has 1 aliphatic rings. The molecule has 47 heavy (non-hydrogen) atoms. The molecule has 0 spiro atoms. The van der Waals surface area contributed by atoms with Crippen molar-refractivity contribution in [3.8, 4) is 0 Å². The first-order valence-corrected chi connectivity index (χ1v) is 18.0. The number of nitrogens with two attached hydrogens (primary N) is 1. The lowest BCUT2D eigenvalue weighted by Gasteiger charge is -2.32. The van der Waals surface area contributed by atoms with Crippen molar-refractivity contribution in [2.24, 2.45) is 5.73 Å². The van der Waals surface area contributed by atoms with Gasteiger partial charge in [-0.1, -0.05) is 57.9 Å². The number of nitrogens with one attached hydrogen (secondary N) is 2. The van der Waals surface area contributed by atoms with Crippen LogP contribution in [-0.4, -0.2) is 77.9 Å². The topological polar surface area (TPSA) is 159 Å².